The number of aromatic amines is 1. The van der Waals surface area contributed by atoms with Crippen molar-refractivity contribution < 1.29 is 29.6 Å². The van der Waals surface area contributed by atoms with Crippen LogP contribution in [-0.2, 0) is 9.47 Å². The molecule has 0 spiro atoms. The highest BCUT2D eigenvalue weighted by Gasteiger charge is 2.49. The summed E-state index contributed by atoms with van der Waals surface area (Å²) in [7, 11) is 2.23. The van der Waals surface area contributed by atoms with Gasteiger partial charge in [0.1, 0.15) is 24.0 Å². The number of nitrogens with one attached hydrogen (secondary N) is 1. The molecule has 1 aromatic heterocycles. The Kier molecular flexibility index (Phi) is 4.56. The molecule has 0 bridgehead atoms. The van der Waals surface area contributed by atoms with Crippen LogP contribution in [0, 0.1) is 0 Å². The SMILES string of the molecule is COC(=O)[B]N1CN([C@@H]2O[C@H](CO)[C@@H](O)[C@H]2O)c2nc(N)[nH]c(=O)c21. The fourth-order valence-corrected chi connectivity index (χ4v) is 2.86. The lowest BCUT2D eigenvalue weighted by molar-refractivity contribution is -0.0221. The van der Waals surface area contributed by atoms with Crippen molar-refractivity contribution in [1.29, 1.82) is 0 Å². The number of rotatable bonds is 4. The fraction of sp³-hybridized carbons (Fsp3) is 0.583. The molecule has 0 saturated carbocycles. The number of carbonyl (C=O) groups is 1. The van der Waals surface area contributed by atoms with Crippen LogP contribution in [0.3, 0.4) is 0 Å². The van der Waals surface area contributed by atoms with Crippen molar-refractivity contribution in [3.8, 4) is 0 Å². The number of hydrogen-bond donors (Lipinski definition) is 5. The highest BCUT2D eigenvalue weighted by atomic mass is 16.6. The molecule has 0 unspecified atom stereocenters. The number of carbonyl (C=O) groups excluding carboxylic acids is 1. The van der Waals surface area contributed by atoms with Gasteiger partial charge in [-0.25, -0.2) is 0 Å². The van der Waals surface area contributed by atoms with Gasteiger partial charge in [0.2, 0.25) is 5.95 Å². The standard InChI is InChI=1S/C12H17BN5O7/c1-24-11(23)13-18-3-17(8-5(18)9(22)16-12(14)15-8)10-7(21)6(20)4(2-19)25-10/h4,6-7,10,19-21H,2-3H2,1H3,(H3,14,15,16,22)/t4-,6-,7-,10-/m1/s1. The van der Waals surface area contributed by atoms with E-state index in [1.807, 2.05) is 0 Å². The van der Waals surface area contributed by atoms with E-state index in [1.165, 1.54) is 16.8 Å². The molecular formula is C12H17BN5O7. The maximum atomic E-state index is 12.2. The third-order valence-corrected chi connectivity index (χ3v) is 4.05. The summed E-state index contributed by atoms with van der Waals surface area (Å²) in [6.45, 7) is -0.588. The maximum Gasteiger partial charge on any atom is 0.394 e. The summed E-state index contributed by atoms with van der Waals surface area (Å²) in [6, 6.07) is 0. The second-order valence-electron chi connectivity index (χ2n) is 5.59. The Morgan fingerprint density at radius 3 is 2.84 bits per heavy atom. The zero-order chi connectivity index (χ0) is 18.3. The predicted octanol–water partition coefficient (Wildman–Crippen LogP) is -3.24. The Labute approximate surface area is 142 Å². The zero-order valence-corrected chi connectivity index (χ0v) is 13.2. The highest BCUT2D eigenvalue weighted by Crippen LogP contribution is 2.36. The summed E-state index contributed by atoms with van der Waals surface area (Å²) >= 11 is 0. The van der Waals surface area contributed by atoms with Crippen LogP contribution in [0.15, 0.2) is 4.79 Å². The Bertz CT molecular complexity index is 730. The molecule has 135 valence electrons. The van der Waals surface area contributed by atoms with E-state index < -0.39 is 42.6 Å². The van der Waals surface area contributed by atoms with Crippen LogP contribution in [0.25, 0.3) is 0 Å². The molecule has 1 aromatic rings. The second kappa shape index (κ2) is 6.52. The van der Waals surface area contributed by atoms with Gasteiger partial charge in [0, 0.05) is 0 Å². The third-order valence-electron chi connectivity index (χ3n) is 4.05. The van der Waals surface area contributed by atoms with Gasteiger partial charge in [-0.3, -0.25) is 14.6 Å². The van der Waals surface area contributed by atoms with Crippen LogP contribution in [0.5, 0.6) is 0 Å². The first-order valence-corrected chi connectivity index (χ1v) is 7.35. The normalized spacial score (nSPS) is 28.2. The number of H-pyrrole nitrogens is 1. The third kappa shape index (κ3) is 2.91. The topological polar surface area (TPSA) is 174 Å². The number of anilines is 3. The minimum atomic E-state index is -1.37. The van der Waals surface area contributed by atoms with Crippen molar-refractivity contribution in [3.05, 3.63) is 10.4 Å². The van der Waals surface area contributed by atoms with Gasteiger partial charge in [-0.05, 0) is 0 Å². The van der Waals surface area contributed by atoms with E-state index >= 15 is 0 Å². The predicted molar refractivity (Wildman–Crippen MR) is 85.0 cm³/mol. The van der Waals surface area contributed by atoms with E-state index in [0.717, 1.165) is 7.41 Å². The van der Waals surface area contributed by atoms with Crippen LogP contribution >= 0.6 is 0 Å². The summed E-state index contributed by atoms with van der Waals surface area (Å²) < 4.78 is 10.0. The number of nitrogen functional groups attached to an aromatic ring is 1. The van der Waals surface area contributed by atoms with E-state index in [1.54, 1.807) is 0 Å². The van der Waals surface area contributed by atoms with Crippen LogP contribution in [0.2, 0.25) is 0 Å². The lowest BCUT2D eigenvalue weighted by atomic mass is 9.92. The first kappa shape index (κ1) is 17.5. The van der Waals surface area contributed by atoms with Crippen molar-refractivity contribution >= 4 is 30.7 Å². The van der Waals surface area contributed by atoms with E-state index in [9.17, 15) is 24.9 Å². The molecule has 6 N–H and O–H groups in total. The number of aliphatic hydroxyl groups excluding tert-OH is 3. The summed E-state index contributed by atoms with van der Waals surface area (Å²) in [5.41, 5.74) is 4.99. The summed E-state index contributed by atoms with van der Waals surface area (Å²) in [4.78, 5) is 32.8. The molecule has 0 amide bonds. The Hall–Kier alpha value is -2.35. The minimum Gasteiger partial charge on any atom is -0.476 e. The molecule has 13 heteroatoms. The first-order chi connectivity index (χ1) is 11.9. The lowest BCUT2D eigenvalue weighted by Crippen LogP contribution is -2.47. The number of nitrogens with two attached hydrogens (primary N) is 1. The average Bonchev–Trinajstić information content (AvgIpc) is 3.06. The van der Waals surface area contributed by atoms with Gasteiger partial charge >= 0.3 is 7.41 Å². The zero-order valence-electron chi connectivity index (χ0n) is 13.2. The molecule has 3 rings (SSSR count). The second-order valence-corrected chi connectivity index (χ2v) is 5.59. The van der Waals surface area contributed by atoms with Gasteiger partial charge < -0.3 is 40.2 Å². The number of aromatic nitrogens is 2. The molecule has 1 saturated heterocycles. The number of fused-ring (bicyclic) bond motifs is 1. The summed E-state index contributed by atoms with van der Waals surface area (Å²) in [5, 5.41) is 29.3. The van der Waals surface area contributed by atoms with Gasteiger partial charge in [-0.1, -0.05) is 0 Å². The number of hydrogen-bond acceptors (Lipinski definition) is 11. The summed E-state index contributed by atoms with van der Waals surface area (Å²) in [5.74, 6) is -0.804. The van der Waals surface area contributed by atoms with E-state index in [2.05, 4.69) is 14.7 Å². The Morgan fingerprint density at radius 2 is 2.24 bits per heavy atom. The van der Waals surface area contributed by atoms with E-state index in [4.69, 9.17) is 10.5 Å². The van der Waals surface area contributed by atoms with Crippen molar-refractivity contribution in [2.45, 2.75) is 24.5 Å². The van der Waals surface area contributed by atoms with Crippen LogP contribution in [0.4, 0.5) is 22.2 Å². The molecular weight excluding hydrogens is 337 g/mol. The molecule has 1 radical (unpaired) electrons. The van der Waals surface area contributed by atoms with Gasteiger partial charge in [-0.15, -0.1) is 0 Å². The monoisotopic (exact) mass is 354 g/mol. The number of nitrogens with zero attached hydrogens (tertiary/aromatic N) is 3. The van der Waals surface area contributed by atoms with Crippen molar-refractivity contribution in [3.63, 3.8) is 0 Å². The number of methoxy groups -OCH3 is 1. The van der Waals surface area contributed by atoms with Crippen LogP contribution in [-0.4, -0.2) is 83.5 Å². The van der Waals surface area contributed by atoms with Crippen LogP contribution < -0.4 is 21.0 Å². The molecule has 0 aliphatic carbocycles. The molecule has 4 atom stereocenters. The average molecular weight is 354 g/mol. The number of ether oxygens (including phenoxy) is 2. The van der Waals surface area contributed by atoms with Gasteiger partial charge in [0.25, 0.3) is 11.4 Å². The Balaban J connectivity index is 1.98. The van der Waals surface area contributed by atoms with Gasteiger partial charge in [0.05, 0.1) is 20.4 Å². The molecule has 3 heterocycles. The molecule has 2 aliphatic heterocycles. The first-order valence-electron chi connectivity index (χ1n) is 7.35. The van der Waals surface area contributed by atoms with Gasteiger partial charge in [-0.2, -0.15) is 4.98 Å². The smallest absolute Gasteiger partial charge is 0.394 e. The highest BCUT2D eigenvalue weighted by molar-refractivity contribution is 6.75. The van der Waals surface area contributed by atoms with Crippen molar-refractivity contribution in [2.75, 3.05) is 35.8 Å². The molecule has 25 heavy (non-hydrogen) atoms. The van der Waals surface area contributed by atoms with E-state index in [-0.39, 0.29) is 24.1 Å². The summed E-state index contributed by atoms with van der Waals surface area (Å²) in [6.07, 6.45) is -4.79. The molecule has 0 aromatic carbocycles. The van der Waals surface area contributed by atoms with Crippen LogP contribution in [0.1, 0.15) is 0 Å². The number of aliphatic hydroxyl groups is 3. The van der Waals surface area contributed by atoms with Crippen molar-refractivity contribution in [2.24, 2.45) is 0 Å². The van der Waals surface area contributed by atoms with E-state index in [0.29, 0.717) is 0 Å². The quantitative estimate of drug-likeness (QED) is 0.344. The van der Waals surface area contributed by atoms with Gasteiger partial charge in [0.15, 0.2) is 12.0 Å². The molecule has 1 fully saturated rings. The molecule has 12 nitrogen and oxygen atoms in total. The Morgan fingerprint density at radius 1 is 1.52 bits per heavy atom. The lowest BCUT2D eigenvalue weighted by Gasteiger charge is -2.28. The molecule has 2 aliphatic rings. The fourth-order valence-electron chi connectivity index (χ4n) is 2.86. The maximum absolute atomic E-state index is 12.2. The minimum absolute atomic E-state index is 0.0114. The largest absolute Gasteiger partial charge is 0.476 e. The van der Waals surface area contributed by atoms with Crippen molar-refractivity contribution in [1.82, 2.24) is 9.97 Å².